The summed E-state index contributed by atoms with van der Waals surface area (Å²) in [5.41, 5.74) is 1.16. The van der Waals surface area contributed by atoms with Gasteiger partial charge in [0.15, 0.2) is 0 Å². The lowest BCUT2D eigenvalue weighted by Gasteiger charge is -2.16. The Bertz CT molecular complexity index is 571. The van der Waals surface area contributed by atoms with E-state index in [1.165, 1.54) is 0 Å². The number of pyridine rings is 2. The summed E-state index contributed by atoms with van der Waals surface area (Å²) in [6, 6.07) is 9.04. The second-order valence-corrected chi connectivity index (χ2v) is 4.41. The predicted molar refractivity (Wildman–Crippen MR) is 80.0 cm³/mol. The molecule has 0 spiro atoms. The van der Waals surface area contributed by atoms with Gasteiger partial charge in [0.05, 0.1) is 11.9 Å². The summed E-state index contributed by atoms with van der Waals surface area (Å²) in [6.07, 6.45) is 4.34. The largest absolute Gasteiger partial charge is 0.370 e. The number of anilines is 2. The van der Waals surface area contributed by atoms with E-state index < -0.39 is 0 Å². The first-order valence-electron chi connectivity index (χ1n) is 6.61. The van der Waals surface area contributed by atoms with Crippen molar-refractivity contribution >= 4 is 17.4 Å². The maximum Gasteiger partial charge on any atom is 0.276 e. The molecular weight excluding hydrogens is 252 g/mol. The zero-order valence-electron chi connectivity index (χ0n) is 11.7. The predicted octanol–water partition coefficient (Wildman–Crippen LogP) is 2.58. The first-order valence-corrected chi connectivity index (χ1v) is 6.61. The van der Waals surface area contributed by atoms with Crippen molar-refractivity contribution in [3.8, 4) is 0 Å². The van der Waals surface area contributed by atoms with Crippen LogP contribution in [-0.4, -0.2) is 29.5 Å². The minimum absolute atomic E-state index is 0.154. The van der Waals surface area contributed by atoms with Crippen LogP contribution in [0.15, 0.2) is 42.7 Å². The van der Waals surface area contributed by atoms with Gasteiger partial charge in [-0.2, -0.15) is 0 Å². The molecule has 0 radical (unpaired) electrons. The van der Waals surface area contributed by atoms with E-state index in [2.05, 4.69) is 22.2 Å². The van der Waals surface area contributed by atoms with Gasteiger partial charge >= 0.3 is 0 Å². The Morgan fingerprint density at radius 2 is 2.15 bits per heavy atom. The van der Waals surface area contributed by atoms with Crippen LogP contribution in [0.1, 0.15) is 23.8 Å². The van der Waals surface area contributed by atoms with E-state index in [-0.39, 0.29) is 5.91 Å². The van der Waals surface area contributed by atoms with Crippen molar-refractivity contribution in [1.82, 2.24) is 9.97 Å². The fourth-order valence-electron chi connectivity index (χ4n) is 1.75. The molecule has 0 unspecified atom stereocenters. The molecule has 2 heterocycles. The highest BCUT2D eigenvalue weighted by Crippen LogP contribution is 2.13. The normalized spacial score (nSPS) is 10.1. The number of hydrogen-bond donors (Lipinski definition) is 1. The monoisotopic (exact) mass is 270 g/mol. The van der Waals surface area contributed by atoms with Crippen LogP contribution in [0.4, 0.5) is 11.5 Å². The molecule has 5 nitrogen and oxygen atoms in total. The summed E-state index contributed by atoms with van der Waals surface area (Å²) in [7, 11) is 1.72. The molecule has 2 rings (SSSR count). The van der Waals surface area contributed by atoms with Crippen LogP contribution < -0.4 is 10.2 Å². The smallest absolute Gasteiger partial charge is 0.276 e. The molecule has 2 aromatic heterocycles. The summed E-state index contributed by atoms with van der Waals surface area (Å²) in [6.45, 7) is 2.92. The summed E-state index contributed by atoms with van der Waals surface area (Å²) in [5.74, 6) is 0.565. The molecule has 0 atom stereocenters. The van der Waals surface area contributed by atoms with Crippen molar-refractivity contribution in [2.45, 2.75) is 13.3 Å². The van der Waals surface area contributed by atoms with Crippen LogP contribution in [0.5, 0.6) is 0 Å². The quantitative estimate of drug-likeness (QED) is 0.907. The van der Waals surface area contributed by atoms with E-state index in [4.69, 9.17) is 0 Å². The third-order valence-corrected chi connectivity index (χ3v) is 2.86. The zero-order valence-corrected chi connectivity index (χ0v) is 11.7. The minimum atomic E-state index is -0.154. The van der Waals surface area contributed by atoms with E-state index in [0.717, 1.165) is 24.5 Å². The summed E-state index contributed by atoms with van der Waals surface area (Å²) >= 11 is 0. The fraction of sp³-hybridized carbons (Fsp3) is 0.267. The Balaban J connectivity index is 2.16. The molecule has 5 heteroatoms. The average molecular weight is 270 g/mol. The van der Waals surface area contributed by atoms with Crippen molar-refractivity contribution in [2.24, 2.45) is 0 Å². The van der Waals surface area contributed by atoms with Gasteiger partial charge in [0.1, 0.15) is 11.5 Å². The van der Waals surface area contributed by atoms with Gasteiger partial charge in [-0.05, 0) is 30.7 Å². The molecule has 104 valence electrons. The van der Waals surface area contributed by atoms with Crippen LogP contribution in [0, 0.1) is 0 Å². The zero-order chi connectivity index (χ0) is 14.4. The van der Waals surface area contributed by atoms with E-state index in [9.17, 15) is 4.79 Å². The van der Waals surface area contributed by atoms with Gasteiger partial charge in [0.2, 0.25) is 0 Å². The van der Waals surface area contributed by atoms with E-state index in [0.29, 0.717) is 5.69 Å². The average Bonchev–Trinajstić information content (AvgIpc) is 2.52. The lowest BCUT2D eigenvalue weighted by atomic mass is 10.3. The fourth-order valence-corrected chi connectivity index (χ4v) is 1.75. The molecule has 0 saturated heterocycles. The van der Waals surface area contributed by atoms with Gasteiger partial charge < -0.3 is 10.2 Å². The Hall–Kier alpha value is -2.43. The van der Waals surface area contributed by atoms with Gasteiger partial charge in [-0.15, -0.1) is 0 Å². The highest BCUT2D eigenvalue weighted by Gasteiger charge is 2.15. The first-order chi connectivity index (χ1) is 9.72. The first kappa shape index (κ1) is 14.0. The molecule has 1 amide bonds. The van der Waals surface area contributed by atoms with Crippen molar-refractivity contribution in [1.29, 1.82) is 0 Å². The molecular formula is C15H18N4O. The van der Waals surface area contributed by atoms with Crippen molar-refractivity contribution in [3.63, 3.8) is 0 Å². The van der Waals surface area contributed by atoms with Crippen LogP contribution in [0.3, 0.4) is 0 Å². The van der Waals surface area contributed by atoms with Crippen LogP contribution in [0.25, 0.3) is 0 Å². The van der Waals surface area contributed by atoms with Crippen molar-refractivity contribution < 1.29 is 4.79 Å². The van der Waals surface area contributed by atoms with Gasteiger partial charge in [0.25, 0.3) is 5.91 Å². The lowest BCUT2D eigenvalue weighted by Crippen LogP contribution is -2.27. The number of rotatable bonds is 5. The van der Waals surface area contributed by atoms with Crippen molar-refractivity contribution in [2.75, 3.05) is 23.8 Å². The molecule has 0 bridgehead atoms. The van der Waals surface area contributed by atoms with E-state index in [1.54, 1.807) is 36.5 Å². The topological polar surface area (TPSA) is 58.1 Å². The number of nitrogens with zero attached hydrogens (tertiary/aromatic N) is 3. The van der Waals surface area contributed by atoms with E-state index in [1.807, 2.05) is 18.2 Å². The lowest BCUT2D eigenvalue weighted by molar-refractivity contribution is 0.0988. The maximum absolute atomic E-state index is 12.4. The van der Waals surface area contributed by atoms with Crippen LogP contribution >= 0.6 is 0 Å². The van der Waals surface area contributed by atoms with Gasteiger partial charge in [-0.25, -0.2) is 4.98 Å². The van der Waals surface area contributed by atoms with Gasteiger partial charge in [0, 0.05) is 19.8 Å². The maximum atomic E-state index is 12.4. The summed E-state index contributed by atoms with van der Waals surface area (Å²) in [5, 5.41) is 3.17. The van der Waals surface area contributed by atoms with Gasteiger partial charge in [-0.3, -0.25) is 9.78 Å². The number of carbonyl (C=O) groups excluding carboxylic acids is 1. The second-order valence-electron chi connectivity index (χ2n) is 4.41. The summed E-state index contributed by atoms with van der Waals surface area (Å²) in [4.78, 5) is 22.3. The molecule has 20 heavy (non-hydrogen) atoms. The molecule has 0 fully saturated rings. The van der Waals surface area contributed by atoms with Crippen LogP contribution in [-0.2, 0) is 0 Å². The third kappa shape index (κ3) is 3.32. The number of nitrogens with one attached hydrogen (secondary N) is 1. The number of amides is 1. The summed E-state index contributed by atoms with van der Waals surface area (Å²) < 4.78 is 0. The standard InChI is InChI=1S/C15H18N4O/c1-3-9-17-14-8-4-7-13(18-14)15(20)19(2)12-6-5-10-16-11-12/h4-8,10-11H,3,9H2,1-2H3,(H,17,18). The SMILES string of the molecule is CCCNc1cccc(C(=O)N(C)c2cccnc2)n1. The Morgan fingerprint density at radius 3 is 2.85 bits per heavy atom. The number of carbonyl (C=O) groups is 1. The van der Waals surface area contributed by atoms with Crippen LogP contribution in [0.2, 0.25) is 0 Å². The molecule has 1 N–H and O–H groups in total. The minimum Gasteiger partial charge on any atom is -0.370 e. The third-order valence-electron chi connectivity index (χ3n) is 2.86. The Kier molecular flexibility index (Phi) is 4.65. The van der Waals surface area contributed by atoms with Gasteiger partial charge in [-0.1, -0.05) is 13.0 Å². The Labute approximate surface area is 118 Å². The highest BCUT2D eigenvalue weighted by atomic mass is 16.2. The highest BCUT2D eigenvalue weighted by molar-refractivity contribution is 6.04. The number of hydrogen-bond acceptors (Lipinski definition) is 4. The second kappa shape index (κ2) is 6.65. The molecule has 0 saturated carbocycles. The number of aromatic nitrogens is 2. The molecule has 0 aromatic carbocycles. The molecule has 0 aliphatic heterocycles. The molecule has 2 aromatic rings. The molecule has 0 aliphatic carbocycles. The van der Waals surface area contributed by atoms with E-state index >= 15 is 0 Å². The Morgan fingerprint density at radius 1 is 1.30 bits per heavy atom. The van der Waals surface area contributed by atoms with Crippen molar-refractivity contribution in [3.05, 3.63) is 48.4 Å². The molecule has 0 aliphatic rings.